The highest BCUT2D eigenvalue weighted by Crippen LogP contribution is 2.26. The van der Waals surface area contributed by atoms with Crippen molar-refractivity contribution in [1.82, 2.24) is 20.1 Å². The number of morpholine rings is 1. The number of carbonyl (C=O) groups excluding carboxylic acids is 1. The first-order valence-corrected chi connectivity index (χ1v) is 9.06. The number of aryl methyl sites for hydroxylation is 1. The fraction of sp³-hybridized carbons (Fsp3) is 0.556. The smallest absolute Gasteiger partial charge is 0.255 e. The molecule has 0 aliphatic carbocycles. The Hall–Kier alpha value is -2.48. The molecule has 8 heteroatoms. The van der Waals surface area contributed by atoms with Crippen LogP contribution in [-0.4, -0.2) is 58.3 Å². The Kier molecular flexibility index (Phi) is 4.58. The lowest BCUT2D eigenvalue weighted by molar-refractivity contribution is -0.0796. The van der Waals surface area contributed by atoms with E-state index < -0.39 is 6.10 Å². The molecule has 0 bridgehead atoms. The van der Waals surface area contributed by atoms with Gasteiger partial charge in [-0.1, -0.05) is 0 Å². The van der Waals surface area contributed by atoms with Crippen molar-refractivity contribution in [2.75, 3.05) is 31.1 Å². The third-order valence-corrected chi connectivity index (χ3v) is 4.79. The zero-order valence-electron chi connectivity index (χ0n) is 15.1. The SMILES string of the molecule is Cc1nnc([C@H]2CN(C(=O)c3ccc(N4CCCC4)nc3)C[C@@H](C)O2)o1. The van der Waals surface area contributed by atoms with Gasteiger partial charge in [0.25, 0.3) is 5.91 Å². The number of pyridine rings is 1. The molecule has 4 rings (SSSR count). The summed E-state index contributed by atoms with van der Waals surface area (Å²) < 4.78 is 11.4. The quantitative estimate of drug-likeness (QED) is 0.830. The fourth-order valence-corrected chi connectivity index (χ4v) is 3.52. The van der Waals surface area contributed by atoms with Crippen molar-refractivity contribution in [2.24, 2.45) is 0 Å². The molecule has 0 unspecified atom stereocenters. The molecule has 2 atom stereocenters. The topological polar surface area (TPSA) is 84.6 Å². The highest BCUT2D eigenvalue weighted by molar-refractivity contribution is 5.94. The van der Waals surface area contributed by atoms with Gasteiger partial charge in [-0.15, -0.1) is 10.2 Å². The molecule has 26 heavy (non-hydrogen) atoms. The van der Waals surface area contributed by atoms with E-state index in [2.05, 4.69) is 20.1 Å². The van der Waals surface area contributed by atoms with Gasteiger partial charge in [0.15, 0.2) is 6.10 Å². The van der Waals surface area contributed by atoms with Crippen molar-refractivity contribution < 1.29 is 13.9 Å². The van der Waals surface area contributed by atoms with Gasteiger partial charge in [-0.25, -0.2) is 4.98 Å². The lowest BCUT2D eigenvalue weighted by Gasteiger charge is -2.35. The molecule has 0 N–H and O–H groups in total. The molecule has 0 aromatic carbocycles. The molecule has 2 aromatic heterocycles. The molecule has 2 fully saturated rings. The van der Waals surface area contributed by atoms with E-state index in [9.17, 15) is 4.79 Å². The molecule has 2 saturated heterocycles. The van der Waals surface area contributed by atoms with Crippen molar-refractivity contribution in [3.8, 4) is 0 Å². The Morgan fingerprint density at radius 3 is 2.65 bits per heavy atom. The fourth-order valence-electron chi connectivity index (χ4n) is 3.52. The highest BCUT2D eigenvalue weighted by Gasteiger charge is 2.33. The molecule has 8 nitrogen and oxygen atoms in total. The van der Waals surface area contributed by atoms with Crippen LogP contribution in [0.2, 0.25) is 0 Å². The standard InChI is InChI=1S/C18H23N5O3/c1-12-10-23(11-15(25-12)17-21-20-13(2)26-17)18(24)14-5-6-16(19-9-14)22-7-3-4-8-22/h5-6,9,12,15H,3-4,7-8,10-11H2,1-2H3/t12-,15-/m1/s1. The molecule has 138 valence electrons. The van der Waals surface area contributed by atoms with Gasteiger partial charge in [-0.3, -0.25) is 4.79 Å². The van der Waals surface area contributed by atoms with E-state index in [0.29, 0.717) is 30.4 Å². The number of aromatic nitrogens is 3. The van der Waals surface area contributed by atoms with E-state index >= 15 is 0 Å². The number of carbonyl (C=O) groups is 1. The Morgan fingerprint density at radius 2 is 2.00 bits per heavy atom. The van der Waals surface area contributed by atoms with Crippen LogP contribution in [0.15, 0.2) is 22.7 Å². The number of ether oxygens (including phenoxy) is 1. The number of amides is 1. The largest absolute Gasteiger partial charge is 0.423 e. The number of rotatable bonds is 3. The van der Waals surface area contributed by atoms with Crippen LogP contribution in [0.3, 0.4) is 0 Å². The second-order valence-electron chi connectivity index (χ2n) is 6.90. The van der Waals surface area contributed by atoms with E-state index in [1.54, 1.807) is 18.0 Å². The van der Waals surface area contributed by atoms with Crippen molar-refractivity contribution in [3.05, 3.63) is 35.7 Å². The second-order valence-corrected chi connectivity index (χ2v) is 6.90. The Labute approximate surface area is 152 Å². The Balaban J connectivity index is 1.47. The summed E-state index contributed by atoms with van der Waals surface area (Å²) in [4.78, 5) is 21.4. The van der Waals surface area contributed by atoms with Crippen LogP contribution in [0.1, 0.15) is 48.0 Å². The van der Waals surface area contributed by atoms with Crippen LogP contribution in [0.5, 0.6) is 0 Å². The maximum atomic E-state index is 12.9. The van der Waals surface area contributed by atoms with Crippen molar-refractivity contribution in [2.45, 2.75) is 38.9 Å². The number of hydrogen-bond donors (Lipinski definition) is 0. The predicted octanol–water partition coefficient (Wildman–Crippen LogP) is 1.98. The maximum absolute atomic E-state index is 12.9. The first-order valence-electron chi connectivity index (χ1n) is 9.06. The van der Waals surface area contributed by atoms with Crippen LogP contribution in [0, 0.1) is 6.92 Å². The molecule has 2 aromatic rings. The zero-order valence-corrected chi connectivity index (χ0v) is 15.1. The van der Waals surface area contributed by atoms with Crippen molar-refractivity contribution in [3.63, 3.8) is 0 Å². The average molecular weight is 357 g/mol. The molecule has 0 radical (unpaired) electrons. The van der Waals surface area contributed by atoms with E-state index in [4.69, 9.17) is 9.15 Å². The predicted molar refractivity (Wildman–Crippen MR) is 93.9 cm³/mol. The van der Waals surface area contributed by atoms with Crippen LogP contribution in [0.25, 0.3) is 0 Å². The van der Waals surface area contributed by atoms with E-state index in [-0.39, 0.29) is 12.0 Å². The molecule has 4 heterocycles. The Morgan fingerprint density at radius 1 is 1.19 bits per heavy atom. The van der Waals surface area contributed by atoms with Gasteiger partial charge in [-0.05, 0) is 31.9 Å². The first-order chi connectivity index (χ1) is 12.6. The van der Waals surface area contributed by atoms with Gasteiger partial charge in [-0.2, -0.15) is 0 Å². The summed E-state index contributed by atoms with van der Waals surface area (Å²) in [5.41, 5.74) is 0.586. The van der Waals surface area contributed by atoms with Gasteiger partial charge >= 0.3 is 0 Å². The van der Waals surface area contributed by atoms with Gasteiger partial charge in [0.1, 0.15) is 5.82 Å². The summed E-state index contributed by atoms with van der Waals surface area (Å²) in [7, 11) is 0. The van der Waals surface area contributed by atoms with E-state index in [1.807, 2.05) is 19.1 Å². The number of nitrogens with zero attached hydrogens (tertiary/aromatic N) is 5. The summed E-state index contributed by atoms with van der Waals surface area (Å²) in [6.45, 7) is 6.65. The highest BCUT2D eigenvalue weighted by atomic mass is 16.5. The zero-order chi connectivity index (χ0) is 18.1. The van der Waals surface area contributed by atoms with Crippen LogP contribution < -0.4 is 4.90 Å². The minimum Gasteiger partial charge on any atom is -0.423 e. The summed E-state index contributed by atoms with van der Waals surface area (Å²) in [5, 5.41) is 7.88. The van der Waals surface area contributed by atoms with Crippen molar-refractivity contribution >= 4 is 11.7 Å². The second kappa shape index (κ2) is 7.03. The number of anilines is 1. The van der Waals surface area contributed by atoms with E-state index in [1.165, 1.54) is 12.8 Å². The minimum atomic E-state index is -0.402. The van der Waals surface area contributed by atoms with Crippen LogP contribution in [0.4, 0.5) is 5.82 Å². The minimum absolute atomic E-state index is 0.0538. The number of hydrogen-bond acceptors (Lipinski definition) is 7. The molecule has 0 spiro atoms. The van der Waals surface area contributed by atoms with Gasteiger partial charge in [0, 0.05) is 32.8 Å². The van der Waals surface area contributed by atoms with Gasteiger partial charge < -0.3 is 19.0 Å². The van der Waals surface area contributed by atoms with Crippen LogP contribution >= 0.6 is 0 Å². The monoisotopic (exact) mass is 357 g/mol. The molecule has 1 amide bonds. The molecule has 2 aliphatic rings. The average Bonchev–Trinajstić information content (AvgIpc) is 3.32. The lowest BCUT2D eigenvalue weighted by atomic mass is 10.1. The van der Waals surface area contributed by atoms with Gasteiger partial charge in [0.2, 0.25) is 11.8 Å². The van der Waals surface area contributed by atoms with Gasteiger partial charge in [0.05, 0.1) is 18.2 Å². The Bertz CT molecular complexity index is 769. The summed E-state index contributed by atoms with van der Waals surface area (Å²) in [6.07, 6.45) is 3.55. The summed E-state index contributed by atoms with van der Waals surface area (Å²) in [6, 6.07) is 3.79. The molecular formula is C18H23N5O3. The maximum Gasteiger partial charge on any atom is 0.255 e. The third kappa shape index (κ3) is 3.41. The van der Waals surface area contributed by atoms with E-state index in [0.717, 1.165) is 18.9 Å². The molecular weight excluding hydrogens is 334 g/mol. The summed E-state index contributed by atoms with van der Waals surface area (Å²) >= 11 is 0. The summed E-state index contributed by atoms with van der Waals surface area (Å²) in [5.74, 6) is 1.78. The normalized spacial score (nSPS) is 23.5. The third-order valence-electron chi connectivity index (χ3n) is 4.79. The van der Waals surface area contributed by atoms with Crippen LogP contribution in [-0.2, 0) is 4.74 Å². The lowest BCUT2D eigenvalue weighted by Crippen LogP contribution is -2.46. The molecule has 2 aliphatic heterocycles. The molecule has 0 saturated carbocycles. The first kappa shape index (κ1) is 17.0. The van der Waals surface area contributed by atoms with Crippen molar-refractivity contribution in [1.29, 1.82) is 0 Å².